The van der Waals surface area contributed by atoms with Crippen molar-refractivity contribution in [2.45, 2.75) is 39.9 Å². The molecule has 2 atom stereocenters. The molecule has 20 heavy (non-hydrogen) atoms. The van der Waals surface area contributed by atoms with Crippen molar-refractivity contribution in [1.29, 1.82) is 0 Å². The van der Waals surface area contributed by atoms with Crippen LogP contribution in [0.15, 0.2) is 30.3 Å². The maximum atomic E-state index is 12.6. The van der Waals surface area contributed by atoms with Crippen LogP contribution in [-0.2, 0) is 4.74 Å². The summed E-state index contributed by atoms with van der Waals surface area (Å²) in [6, 6.07) is 9.57. The van der Waals surface area contributed by atoms with Crippen LogP contribution in [0.25, 0.3) is 0 Å². The number of rotatable bonds is 4. The van der Waals surface area contributed by atoms with Gasteiger partial charge in [0.25, 0.3) is 0 Å². The topological polar surface area (TPSA) is 29.5 Å². The van der Waals surface area contributed by atoms with E-state index >= 15 is 0 Å². The zero-order valence-corrected chi connectivity index (χ0v) is 12.9. The van der Waals surface area contributed by atoms with E-state index < -0.39 is 0 Å². The van der Waals surface area contributed by atoms with Gasteiger partial charge in [0.15, 0.2) is 5.78 Å². The van der Waals surface area contributed by atoms with E-state index in [1.165, 1.54) is 0 Å². The highest BCUT2D eigenvalue weighted by molar-refractivity contribution is 6.00. The van der Waals surface area contributed by atoms with Gasteiger partial charge in [-0.25, -0.2) is 0 Å². The van der Waals surface area contributed by atoms with Crippen molar-refractivity contribution in [2.24, 2.45) is 5.41 Å². The minimum absolute atomic E-state index is 0.213. The second-order valence-electron chi connectivity index (χ2n) is 6.53. The van der Waals surface area contributed by atoms with Crippen molar-refractivity contribution < 1.29 is 9.53 Å². The van der Waals surface area contributed by atoms with Gasteiger partial charge in [-0.2, -0.15) is 0 Å². The summed E-state index contributed by atoms with van der Waals surface area (Å²) in [5.74, 6) is 0.213. The van der Waals surface area contributed by atoms with E-state index in [0.717, 1.165) is 25.2 Å². The highest BCUT2D eigenvalue weighted by Gasteiger charge is 2.33. The quantitative estimate of drug-likeness (QED) is 0.791. The fraction of sp³-hybridized carbons (Fsp3) is 0.588. The lowest BCUT2D eigenvalue weighted by molar-refractivity contribution is -0.0738. The molecule has 1 aromatic rings. The summed E-state index contributed by atoms with van der Waals surface area (Å²) in [7, 11) is 0. The molecule has 1 aromatic carbocycles. The summed E-state index contributed by atoms with van der Waals surface area (Å²) in [4.78, 5) is 15.0. The Morgan fingerprint density at radius 3 is 2.30 bits per heavy atom. The third-order valence-electron chi connectivity index (χ3n) is 3.76. The largest absolute Gasteiger partial charge is 0.373 e. The van der Waals surface area contributed by atoms with Crippen LogP contribution < -0.4 is 0 Å². The van der Waals surface area contributed by atoms with Crippen LogP contribution in [0.4, 0.5) is 0 Å². The van der Waals surface area contributed by atoms with Gasteiger partial charge < -0.3 is 4.74 Å². The first-order valence-corrected chi connectivity index (χ1v) is 7.36. The van der Waals surface area contributed by atoms with Gasteiger partial charge in [-0.1, -0.05) is 44.2 Å². The Morgan fingerprint density at radius 1 is 1.20 bits per heavy atom. The molecule has 2 rings (SSSR count). The number of hydrogen-bond acceptors (Lipinski definition) is 3. The number of ketones is 1. The highest BCUT2D eigenvalue weighted by atomic mass is 16.5. The smallest absolute Gasteiger partial charge is 0.169 e. The van der Waals surface area contributed by atoms with Crippen LogP contribution in [0.2, 0.25) is 0 Å². The molecule has 1 saturated heterocycles. The average molecular weight is 275 g/mol. The Hall–Kier alpha value is -1.19. The lowest BCUT2D eigenvalue weighted by atomic mass is 9.83. The van der Waals surface area contributed by atoms with Gasteiger partial charge >= 0.3 is 0 Å². The second kappa shape index (κ2) is 6.06. The number of ether oxygens (including phenoxy) is 1. The van der Waals surface area contributed by atoms with Crippen molar-refractivity contribution in [1.82, 2.24) is 4.90 Å². The van der Waals surface area contributed by atoms with E-state index in [1.54, 1.807) is 0 Å². The SMILES string of the molecule is CC1CN(CC(C)(C)C(=O)c2ccccc2)CC(C)O1. The van der Waals surface area contributed by atoms with Gasteiger partial charge in [0, 0.05) is 30.6 Å². The van der Waals surface area contributed by atoms with Crippen LogP contribution in [-0.4, -0.2) is 42.5 Å². The maximum Gasteiger partial charge on any atom is 0.169 e. The molecule has 0 radical (unpaired) electrons. The monoisotopic (exact) mass is 275 g/mol. The molecule has 1 fully saturated rings. The van der Waals surface area contributed by atoms with E-state index in [0.29, 0.717) is 0 Å². The molecule has 0 amide bonds. The molecular formula is C17H25NO2. The van der Waals surface area contributed by atoms with Gasteiger partial charge in [-0.15, -0.1) is 0 Å². The van der Waals surface area contributed by atoms with Crippen LogP contribution in [0, 0.1) is 5.41 Å². The predicted molar refractivity (Wildman–Crippen MR) is 81.0 cm³/mol. The molecule has 1 aliphatic heterocycles. The predicted octanol–water partition coefficient (Wildman–Crippen LogP) is 3.00. The fourth-order valence-corrected chi connectivity index (χ4v) is 3.02. The normalized spacial score (nSPS) is 24.6. The van der Waals surface area contributed by atoms with Gasteiger partial charge in [0.2, 0.25) is 0 Å². The molecule has 0 saturated carbocycles. The Balaban J connectivity index is 2.05. The first-order valence-electron chi connectivity index (χ1n) is 7.36. The highest BCUT2D eigenvalue weighted by Crippen LogP contribution is 2.25. The zero-order chi connectivity index (χ0) is 14.8. The van der Waals surface area contributed by atoms with Gasteiger partial charge in [0.05, 0.1) is 12.2 Å². The number of hydrogen-bond donors (Lipinski definition) is 0. The number of morpholine rings is 1. The van der Waals surface area contributed by atoms with Crippen molar-refractivity contribution in [3.63, 3.8) is 0 Å². The molecule has 0 spiro atoms. The van der Waals surface area contributed by atoms with Crippen molar-refractivity contribution in [3.8, 4) is 0 Å². The third kappa shape index (κ3) is 3.68. The van der Waals surface area contributed by atoms with Crippen molar-refractivity contribution >= 4 is 5.78 Å². The Labute approximate surface area is 121 Å². The number of benzene rings is 1. The van der Waals surface area contributed by atoms with E-state index in [2.05, 4.69) is 18.7 Å². The molecular weight excluding hydrogens is 250 g/mol. The van der Waals surface area contributed by atoms with Gasteiger partial charge in [-0.05, 0) is 13.8 Å². The minimum atomic E-state index is -0.377. The molecule has 1 heterocycles. The van der Waals surface area contributed by atoms with E-state index in [-0.39, 0.29) is 23.4 Å². The molecule has 3 nitrogen and oxygen atoms in total. The Morgan fingerprint density at radius 2 is 1.75 bits per heavy atom. The van der Waals surface area contributed by atoms with E-state index in [1.807, 2.05) is 44.2 Å². The summed E-state index contributed by atoms with van der Waals surface area (Å²) in [5.41, 5.74) is 0.421. The number of nitrogens with zero attached hydrogens (tertiary/aromatic N) is 1. The number of carbonyl (C=O) groups is 1. The average Bonchev–Trinajstić information content (AvgIpc) is 2.37. The van der Waals surface area contributed by atoms with Crippen LogP contribution in [0.5, 0.6) is 0 Å². The Kier molecular flexibility index (Phi) is 4.61. The molecule has 0 bridgehead atoms. The standard InChI is InChI=1S/C17H25NO2/c1-13-10-18(11-14(2)20-13)12-17(3,4)16(19)15-8-6-5-7-9-15/h5-9,13-14H,10-12H2,1-4H3. The zero-order valence-electron chi connectivity index (χ0n) is 12.9. The van der Waals surface area contributed by atoms with Crippen molar-refractivity contribution in [2.75, 3.05) is 19.6 Å². The van der Waals surface area contributed by atoms with E-state index in [4.69, 9.17) is 4.74 Å². The summed E-state index contributed by atoms with van der Waals surface area (Å²) in [6.07, 6.45) is 0.475. The van der Waals surface area contributed by atoms with E-state index in [9.17, 15) is 4.79 Å². The summed E-state index contributed by atoms with van der Waals surface area (Å²) in [5, 5.41) is 0. The van der Waals surface area contributed by atoms with Crippen molar-refractivity contribution in [3.05, 3.63) is 35.9 Å². The lowest BCUT2D eigenvalue weighted by Crippen LogP contribution is -2.50. The first kappa shape index (κ1) is 15.2. The minimum Gasteiger partial charge on any atom is -0.373 e. The molecule has 0 aliphatic carbocycles. The number of carbonyl (C=O) groups excluding carboxylic acids is 1. The summed E-state index contributed by atoms with van der Waals surface area (Å²) < 4.78 is 5.75. The molecule has 1 aliphatic rings. The molecule has 110 valence electrons. The molecule has 0 aromatic heterocycles. The maximum absolute atomic E-state index is 12.6. The lowest BCUT2D eigenvalue weighted by Gasteiger charge is -2.39. The Bertz CT molecular complexity index is 445. The summed E-state index contributed by atoms with van der Waals surface area (Å²) in [6.45, 7) is 10.8. The molecule has 2 unspecified atom stereocenters. The molecule has 3 heteroatoms. The third-order valence-corrected chi connectivity index (χ3v) is 3.76. The first-order chi connectivity index (χ1) is 9.38. The van der Waals surface area contributed by atoms with Crippen LogP contribution >= 0.6 is 0 Å². The molecule has 0 N–H and O–H groups in total. The second-order valence-corrected chi connectivity index (χ2v) is 6.53. The van der Waals surface area contributed by atoms with Crippen LogP contribution in [0.1, 0.15) is 38.1 Å². The fourth-order valence-electron chi connectivity index (χ4n) is 3.02. The van der Waals surface area contributed by atoms with Gasteiger partial charge in [-0.3, -0.25) is 9.69 Å². The summed E-state index contributed by atoms with van der Waals surface area (Å²) >= 11 is 0. The van der Waals surface area contributed by atoms with Gasteiger partial charge in [0.1, 0.15) is 0 Å². The van der Waals surface area contributed by atoms with Crippen LogP contribution in [0.3, 0.4) is 0 Å². The number of Topliss-reactive ketones (excluding diaryl/α,β-unsaturated/α-hetero) is 1.